The molecular weight excluding hydrogens is 570 g/mol. The summed E-state index contributed by atoms with van der Waals surface area (Å²) < 4.78 is 29.7. The maximum absolute atomic E-state index is 14.6. The Morgan fingerprint density at radius 2 is 1.41 bits per heavy atom. The minimum atomic E-state index is -4.15. The third-order valence-electron chi connectivity index (χ3n) is 7.75. The Hall–Kier alpha value is -4.43. The van der Waals surface area contributed by atoms with Crippen LogP contribution < -0.4 is 9.62 Å². The van der Waals surface area contributed by atoms with Gasteiger partial charge in [0.25, 0.3) is 10.0 Å². The fraction of sp³-hybridized carbons (Fsp3) is 0.278. The van der Waals surface area contributed by atoms with Crippen molar-refractivity contribution in [3.63, 3.8) is 0 Å². The van der Waals surface area contributed by atoms with Crippen LogP contribution >= 0.6 is 0 Å². The summed E-state index contributed by atoms with van der Waals surface area (Å²) in [5, 5.41) is 2.90. The van der Waals surface area contributed by atoms with Gasteiger partial charge in [0.1, 0.15) is 12.6 Å². The topological polar surface area (TPSA) is 86.8 Å². The largest absolute Gasteiger partial charge is 0.355 e. The summed E-state index contributed by atoms with van der Waals surface area (Å²) in [6.07, 6.45) is 0.276. The summed E-state index contributed by atoms with van der Waals surface area (Å²) >= 11 is 0. The molecule has 0 saturated carbocycles. The van der Waals surface area contributed by atoms with Crippen LogP contribution in [0.2, 0.25) is 0 Å². The summed E-state index contributed by atoms with van der Waals surface area (Å²) in [6, 6.07) is 28.5. The summed E-state index contributed by atoms with van der Waals surface area (Å²) in [7, 11) is -4.15. The molecule has 0 spiro atoms. The Morgan fingerprint density at radius 1 is 0.773 bits per heavy atom. The van der Waals surface area contributed by atoms with Crippen molar-refractivity contribution in [2.75, 3.05) is 17.4 Å². The molecular formula is C36H41N3O4S. The molecule has 7 nitrogen and oxygen atoms in total. The third-order valence-corrected chi connectivity index (χ3v) is 9.52. The van der Waals surface area contributed by atoms with Crippen molar-refractivity contribution in [3.8, 4) is 0 Å². The normalized spacial score (nSPS) is 11.9. The molecule has 0 aliphatic heterocycles. The monoisotopic (exact) mass is 611 g/mol. The van der Waals surface area contributed by atoms with Crippen LogP contribution in [-0.2, 0) is 32.6 Å². The number of anilines is 1. The van der Waals surface area contributed by atoms with Crippen LogP contribution in [0.5, 0.6) is 0 Å². The van der Waals surface area contributed by atoms with Crippen LogP contribution in [0, 0.1) is 27.7 Å². The Kier molecular flexibility index (Phi) is 10.6. The number of benzene rings is 4. The smallest absolute Gasteiger partial charge is 0.264 e. The first kappa shape index (κ1) is 32.5. The molecule has 2 amide bonds. The molecule has 0 aliphatic carbocycles. The Bertz CT molecular complexity index is 1700. The molecule has 4 rings (SSSR count). The lowest BCUT2D eigenvalue weighted by atomic mass is 10.0. The number of amides is 2. The number of hydrogen-bond donors (Lipinski definition) is 1. The van der Waals surface area contributed by atoms with Crippen molar-refractivity contribution in [2.45, 2.75) is 58.5 Å². The molecule has 0 radical (unpaired) electrons. The molecule has 0 unspecified atom stereocenters. The van der Waals surface area contributed by atoms with E-state index >= 15 is 0 Å². The van der Waals surface area contributed by atoms with Gasteiger partial charge in [-0.2, -0.15) is 0 Å². The SMILES string of the molecule is CCNC(=O)[C@@H](Cc1ccccc1)N(Cc1ccccc1C)C(=O)CN(c1cc(C)ccc1C)S(=O)(=O)c1ccc(C)cc1. The van der Waals surface area contributed by atoms with E-state index in [-0.39, 0.29) is 23.8 Å². The van der Waals surface area contributed by atoms with E-state index in [0.717, 1.165) is 27.8 Å². The molecule has 1 atom stereocenters. The highest BCUT2D eigenvalue weighted by Gasteiger charge is 2.35. The minimum Gasteiger partial charge on any atom is -0.355 e. The second kappa shape index (κ2) is 14.4. The summed E-state index contributed by atoms with van der Waals surface area (Å²) in [5.74, 6) is -0.769. The van der Waals surface area contributed by atoms with Crippen LogP contribution in [0.4, 0.5) is 5.69 Å². The molecule has 0 aromatic heterocycles. The van der Waals surface area contributed by atoms with Gasteiger partial charge in [0.05, 0.1) is 10.6 Å². The van der Waals surface area contributed by atoms with Gasteiger partial charge in [0.2, 0.25) is 11.8 Å². The maximum Gasteiger partial charge on any atom is 0.264 e. The van der Waals surface area contributed by atoms with Crippen molar-refractivity contribution in [1.82, 2.24) is 10.2 Å². The standard InChI is InChI=1S/C36H41N3O4S/c1-6-37-36(41)34(23-30-13-8-7-9-14-30)38(24-31-15-11-10-12-28(31)4)35(40)25-39(33-22-27(3)16-19-29(33)5)44(42,43)32-20-17-26(2)18-21-32/h7-22,34H,6,23-25H2,1-5H3,(H,37,41)/t34-/m1/s1. The number of carbonyl (C=O) groups is 2. The van der Waals surface area contributed by atoms with Crippen molar-refractivity contribution < 1.29 is 18.0 Å². The van der Waals surface area contributed by atoms with Gasteiger partial charge in [0.15, 0.2) is 0 Å². The lowest BCUT2D eigenvalue weighted by molar-refractivity contribution is -0.140. The van der Waals surface area contributed by atoms with Crippen molar-refractivity contribution in [2.24, 2.45) is 0 Å². The number of carbonyl (C=O) groups excluding carboxylic acids is 2. The minimum absolute atomic E-state index is 0.0896. The fourth-order valence-corrected chi connectivity index (χ4v) is 6.63. The molecule has 0 aliphatic rings. The molecule has 230 valence electrons. The average Bonchev–Trinajstić information content (AvgIpc) is 3.00. The van der Waals surface area contributed by atoms with Crippen LogP contribution in [0.25, 0.3) is 0 Å². The van der Waals surface area contributed by atoms with Crippen molar-refractivity contribution >= 4 is 27.5 Å². The van der Waals surface area contributed by atoms with Crippen LogP contribution in [0.1, 0.15) is 40.3 Å². The van der Waals surface area contributed by atoms with E-state index in [1.165, 1.54) is 9.21 Å². The number of aryl methyl sites for hydroxylation is 4. The van der Waals surface area contributed by atoms with Gasteiger partial charge in [0, 0.05) is 19.5 Å². The molecule has 0 heterocycles. The van der Waals surface area contributed by atoms with Gasteiger partial charge in [-0.05, 0) is 80.6 Å². The predicted molar refractivity (Wildman–Crippen MR) is 176 cm³/mol. The summed E-state index contributed by atoms with van der Waals surface area (Å²) in [6.45, 7) is 9.46. The molecule has 1 N–H and O–H groups in total. The molecule has 4 aromatic rings. The quantitative estimate of drug-likeness (QED) is 0.216. The van der Waals surface area contributed by atoms with Gasteiger partial charge >= 0.3 is 0 Å². The molecule has 0 saturated heterocycles. The van der Waals surface area contributed by atoms with E-state index < -0.39 is 28.5 Å². The van der Waals surface area contributed by atoms with Gasteiger partial charge in [-0.15, -0.1) is 0 Å². The van der Waals surface area contributed by atoms with Gasteiger partial charge in [-0.1, -0.05) is 84.4 Å². The number of sulfonamides is 1. The van der Waals surface area contributed by atoms with Crippen LogP contribution in [0.15, 0.2) is 102 Å². The number of nitrogens with one attached hydrogen (secondary N) is 1. The Labute approximate surface area is 261 Å². The number of hydrogen-bond acceptors (Lipinski definition) is 4. The number of likely N-dealkylation sites (N-methyl/N-ethyl adjacent to an activating group) is 1. The summed E-state index contributed by atoms with van der Waals surface area (Å²) in [5.41, 5.74) is 5.67. The van der Waals surface area contributed by atoms with E-state index in [1.807, 2.05) is 101 Å². The molecule has 0 bridgehead atoms. The highest BCUT2D eigenvalue weighted by atomic mass is 32.2. The zero-order chi connectivity index (χ0) is 31.9. The second-order valence-electron chi connectivity index (χ2n) is 11.2. The van der Waals surface area contributed by atoms with Crippen LogP contribution in [0.3, 0.4) is 0 Å². The van der Waals surface area contributed by atoms with E-state index in [4.69, 9.17) is 0 Å². The first-order valence-electron chi connectivity index (χ1n) is 14.8. The van der Waals surface area contributed by atoms with E-state index in [9.17, 15) is 18.0 Å². The highest BCUT2D eigenvalue weighted by Crippen LogP contribution is 2.29. The highest BCUT2D eigenvalue weighted by molar-refractivity contribution is 7.92. The summed E-state index contributed by atoms with van der Waals surface area (Å²) in [4.78, 5) is 29.8. The van der Waals surface area contributed by atoms with Crippen molar-refractivity contribution in [3.05, 3.63) is 130 Å². The van der Waals surface area contributed by atoms with E-state index in [0.29, 0.717) is 17.8 Å². The fourth-order valence-electron chi connectivity index (χ4n) is 5.16. The predicted octanol–water partition coefficient (Wildman–Crippen LogP) is 5.89. The van der Waals surface area contributed by atoms with Gasteiger partial charge < -0.3 is 10.2 Å². The lowest BCUT2D eigenvalue weighted by Crippen LogP contribution is -2.53. The zero-order valence-electron chi connectivity index (χ0n) is 26.1. The van der Waals surface area contributed by atoms with E-state index in [1.54, 1.807) is 30.3 Å². The van der Waals surface area contributed by atoms with Gasteiger partial charge in [-0.3, -0.25) is 13.9 Å². The van der Waals surface area contributed by atoms with Crippen molar-refractivity contribution in [1.29, 1.82) is 0 Å². The Morgan fingerprint density at radius 3 is 2.07 bits per heavy atom. The zero-order valence-corrected chi connectivity index (χ0v) is 26.9. The third kappa shape index (κ3) is 7.74. The number of rotatable bonds is 12. The van der Waals surface area contributed by atoms with Gasteiger partial charge in [-0.25, -0.2) is 8.42 Å². The molecule has 4 aromatic carbocycles. The van der Waals surface area contributed by atoms with E-state index in [2.05, 4.69) is 5.32 Å². The van der Waals surface area contributed by atoms with Crippen LogP contribution in [-0.4, -0.2) is 44.3 Å². The average molecular weight is 612 g/mol. The molecule has 44 heavy (non-hydrogen) atoms. The number of nitrogens with zero attached hydrogens (tertiary/aromatic N) is 2. The first-order chi connectivity index (χ1) is 21.0. The maximum atomic E-state index is 14.6. The first-order valence-corrected chi connectivity index (χ1v) is 16.3. The molecule has 8 heteroatoms. The second-order valence-corrected chi connectivity index (χ2v) is 13.0. The molecule has 0 fully saturated rings. The lowest BCUT2D eigenvalue weighted by Gasteiger charge is -2.34. The Balaban J connectivity index is 1.83.